The average molecular weight is 380 g/mol. The number of nitrogens with one attached hydrogen (secondary N) is 2. The minimum absolute atomic E-state index is 0.0946. The largest absolute Gasteiger partial charge is 0.545 e. The Morgan fingerprint density at radius 1 is 1.07 bits per heavy atom. The normalized spacial score (nSPS) is 13.1. The van der Waals surface area contributed by atoms with Gasteiger partial charge in [-0.1, -0.05) is 36.4 Å². The van der Waals surface area contributed by atoms with Crippen LogP contribution in [-0.2, 0) is 16.2 Å². The predicted molar refractivity (Wildman–Crippen MR) is 98.4 cm³/mol. The van der Waals surface area contributed by atoms with Crippen molar-refractivity contribution in [3.05, 3.63) is 65.2 Å². The van der Waals surface area contributed by atoms with E-state index in [1.807, 2.05) is 0 Å². The predicted octanol–water partition coefficient (Wildman–Crippen LogP) is 0.358. The van der Waals surface area contributed by atoms with Crippen molar-refractivity contribution in [1.29, 1.82) is 0 Å². The monoisotopic (exact) mass is 380 g/mol. The number of carboxylic acid groups (broad SMARTS) is 1. The van der Waals surface area contributed by atoms with E-state index in [1.165, 1.54) is 18.3 Å². The van der Waals surface area contributed by atoms with Crippen molar-refractivity contribution in [2.45, 2.75) is 25.5 Å². The van der Waals surface area contributed by atoms with Gasteiger partial charge in [0.15, 0.2) is 0 Å². The van der Waals surface area contributed by atoms with E-state index in [2.05, 4.69) is 15.8 Å². The first-order valence-corrected chi connectivity index (χ1v) is 8.69. The molecule has 144 valence electrons. The number of rotatable bonds is 7. The van der Waals surface area contributed by atoms with Crippen molar-refractivity contribution < 1.29 is 24.2 Å². The maximum Gasteiger partial charge on any atom is 0.329 e. The molecular weight excluding hydrogens is 362 g/mol. The number of ether oxygens (including phenoxy) is 1. The SMILES string of the molecule is O=C(N/N=C\c1ccccc1OCc1ccc(C(=O)[O-])cc1)C(=O)NC1CC1. The number of carboxylic acids is 1. The van der Waals surface area contributed by atoms with Crippen LogP contribution in [0.1, 0.15) is 34.3 Å². The Morgan fingerprint density at radius 2 is 1.79 bits per heavy atom. The van der Waals surface area contributed by atoms with Gasteiger partial charge in [-0.3, -0.25) is 9.59 Å². The van der Waals surface area contributed by atoms with Crippen molar-refractivity contribution in [3.8, 4) is 5.75 Å². The minimum atomic E-state index is -1.23. The fourth-order valence-corrected chi connectivity index (χ4v) is 2.31. The van der Waals surface area contributed by atoms with E-state index < -0.39 is 17.8 Å². The minimum Gasteiger partial charge on any atom is -0.545 e. The number of hydrogen-bond donors (Lipinski definition) is 2. The summed E-state index contributed by atoms with van der Waals surface area (Å²) in [4.78, 5) is 34.0. The zero-order valence-corrected chi connectivity index (χ0v) is 14.9. The summed E-state index contributed by atoms with van der Waals surface area (Å²) in [7, 11) is 0. The van der Waals surface area contributed by atoms with Crippen LogP contribution in [0.25, 0.3) is 0 Å². The second-order valence-corrected chi connectivity index (χ2v) is 6.26. The van der Waals surface area contributed by atoms with Crippen molar-refractivity contribution >= 4 is 24.0 Å². The summed E-state index contributed by atoms with van der Waals surface area (Å²) in [6.07, 6.45) is 3.17. The van der Waals surface area contributed by atoms with E-state index in [9.17, 15) is 19.5 Å². The summed E-state index contributed by atoms with van der Waals surface area (Å²) in [5.41, 5.74) is 3.67. The molecule has 1 aliphatic carbocycles. The Balaban J connectivity index is 1.56. The number of aromatic carboxylic acids is 1. The van der Waals surface area contributed by atoms with Crippen LogP contribution in [0.2, 0.25) is 0 Å². The fourth-order valence-electron chi connectivity index (χ4n) is 2.31. The lowest BCUT2D eigenvalue weighted by molar-refractivity contribution is -0.255. The molecule has 1 fully saturated rings. The Hall–Kier alpha value is -3.68. The van der Waals surface area contributed by atoms with E-state index in [4.69, 9.17) is 4.74 Å². The average Bonchev–Trinajstić information content (AvgIpc) is 3.51. The second-order valence-electron chi connectivity index (χ2n) is 6.26. The van der Waals surface area contributed by atoms with E-state index in [-0.39, 0.29) is 18.2 Å². The van der Waals surface area contributed by atoms with Crippen molar-refractivity contribution in [2.24, 2.45) is 5.10 Å². The molecule has 1 aliphatic rings. The van der Waals surface area contributed by atoms with Gasteiger partial charge in [0.1, 0.15) is 12.4 Å². The highest BCUT2D eigenvalue weighted by Gasteiger charge is 2.26. The number of carbonyl (C=O) groups excluding carboxylic acids is 3. The molecule has 0 aromatic heterocycles. The van der Waals surface area contributed by atoms with Gasteiger partial charge in [-0.15, -0.1) is 0 Å². The van der Waals surface area contributed by atoms with Gasteiger partial charge >= 0.3 is 11.8 Å². The maximum absolute atomic E-state index is 11.7. The lowest BCUT2D eigenvalue weighted by atomic mass is 10.1. The number of hydrogen-bond acceptors (Lipinski definition) is 6. The molecule has 2 aromatic rings. The summed E-state index contributed by atoms with van der Waals surface area (Å²) < 4.78 is 5.74. The zero-order chi connectivity index (χ0) is 19.9. The lowest BCUT2D eigenvalue weighted by Crippen LogP contribution is -2.38. The van der Waals surface area contributed by atoms with Gasteiger partial charge < -0.3 is 20.0 Å². The highest BCUT2D eigenvalue weighted by atomic mass is 16.5. The first-order chi connectivity index (χ1) is 13.5. The molecule has 0 spiro atoms. The number of hydrazone groups is 1. The van der Waals surface area contributed by atoms with Crippen molar-refractivity contribution in [3.63, 3.8) is 0 Å². The Morgan fingerprint density at radius 3 is 2.46 bits per heavy atom. The van der Waals surface area contributed by atoms with Crippen LogP contribution < -0.4 is 20.6 Å². The molecule has 0 bridgehead atoms. The van der Waals surface area contributed by atoms with Crippen molar-refractivity contribution in [1.82, 2.24) is 10.7 Å². The van der Waals surface area contributed by atoms with E-state index in [0.717, 1.165) is 18.4 Å². The smallest absolute Gasteiger partial charge is 0.329 e. The lowest BCUT2D eigenvalue weighted by Gasteiger charge is -2.10. The van der Waals surface area contributed by atoms with Crippen LogP contribution in [0.4, 0.5) is 0 Å². The topological polar surface area (TPSA) is 120 Å². The third-order valence-electron chi connectivity index (χ3n) is 3.99. The Labute approximate surface area is 161 Å². The Bertz CT molecular complexity index is 904. The number of amides is 2. The number of nitrogens with zero attached hydrogens (tertiary/aromatic N) is 1. The third kappa shape index (κ3) is 5.41. The molecule has 0 radical (unpaired) electrons. The van der Waals surface area contributed by atoms with Crippen LogP contribution in [0.5, 0.6) is 5.75 Å². The molecule has 2 amide bonds. The summed E-state index contributed by atoms with van der Waals surface area (Å²) in [5.74, 6) is -2.24. The molecular formula is C20H18N3O5-. The summed E-state index contributed by atoms with van der Waals surface area (Å²) in [5, 5.41) is 17.1. The molecule has 0 unspecified atom stereocenters. The number of para-hydroxylation sites is 1. The van der Waals surface area contributed by atoms with Crippen molar-refractivity contribution in [2.75, 3.05) is 0 Å². The van der Waals surface area contributed by atoms with E-state index >= 15 is 0 Å². The zero-order valence-electron chi connectivity index (χ0n) is 14.9. The maximum atomic E-state index is 11.7. The molecule has 8 heteroatoms. The van der Waals surface area contributed by atoms with E-state index in [0.29, 0.717) is 11.3 Å². The fraction of sp³-hybridized carbons (Fsp3) is 0.200. The molecule has 3 rings (SSSR count). The van der Waals surface area contributed by atoms with Gasteiger partial charge in [0.2, 0.25) is 0 Å². The van der Waals surface area contributed by atoms with Gasteiger partial charge in [-0.05, 0) is 36.1 Å². The second kappa shape index (κ2) is 8.81. The molecule has 0 saturated heterocycles. The molecule has 0 heterocycles. The molecule has 0 atom stereocenters. The number of carbonyl (C=O) groups is 3. The van der Waals surface area contributed by atoms with Crippen LogP contribution in [-0.4, -0.2) is 30.0 Å². The highest BCUT2D eigenvalue weighted by Crippen LogP contribution is 2.19. The molecule has 0 aliphatic heterocycles. The van der Waals surface area contributed by atoms with Crippen LogP contribution in [0.15, 0.2) is 53.6 Å². The van der Waals surface area contributed by atoms with Gasteiger partial charge in [0, 0.05) is 11.6 Å². The molecule has 2 N–H and O–H groups in total. The highest BCUT2D eigenvalue weighted by molar-refractivity contribution is 6.35. The standard InChI is InChI=1S/C20H19N3O5/c24-18(22-16-9-10-16)19(25)23-21-11-15-3-1-2-4-17(15)28-12-13-5-7-14(8-6-13)20(26)27/h1-8,11,16H,9-10,12H2,(H,22,24)(H,23,25)(H,26,27)/p-1/b21-11-. The molecule has 28 heavy (non-hydrogen) atoms. The van der Waals surface area contributed by atoms with Gasteiger partial charge in [0.05, 0.1) is 12.2 Å². The van der Waals surface area contributed by atoms with Crippen LogP contribution >= 0.6 is 0 Å². The Kier molecular flexibility index (Phi) is 6.01. The van der Waals surface area contributed by atoms with E-state index in [1.54, 1.807) is 36.4 Å². The molecule has 8 nitrogen and oxygen atoms in total. The summed E-state index contributed by atoms with van der Waals surface area (Å²) >= 11 is 0. The summed E-state index contributed by atoms with van der Waals surface area (Å²) in [6.45, 7) is 0.217. The first kappa shape index (κ1) is 19.1. The van der Waals surface area contributed by atoms with Crippen LogP contribution in [0, 0.1) is 0 Å². The van der Waals surface area contributed by atoms with Gasteiger partial charge in [0.25, 0.3) is 0 Å². The quantitative estimate of drug-likeness (QED) is 0.408. The summed E-state index contributed by atoms with van der Waals surface area (Å²) in [6, 6.07) is 13.3. The first-order valence-electron chi connectivity index (χ1n) is 8.69. The van der Waals surface area contributed by atoms with Gasteiger partial charge in [-0.2, -0.15) is 5.10 Å². The number of benzene rings is 2. The van der Waals surface area contributed by atoms with Crippen LogP contribution in [0.3, 0.4) is 0 Å². The third-order valence-corrected chi connectivity index (χ3v) is 3.99. The van der Waals surface area contributed by atoms with Gasteiger partial charge in [-0.25, -0.2) is 5.43 Å². The molecule has 2 aromatic carbocycles. The molecule has 1 saturated carbocycles.